The van der Waals surface area contributed by atoms with E-state index >= 15 is 0 Å². The lowest BCUT2D eigenvalue weighted by Gasteiger charge is -2.08. The summed E-state index contributed by atoms with van der Waals surface area (Å²) in [7, 11) is 0. The normalized spacial score (nSPS) is 11.7. The molecule has 0 aliphatic carbocycles. The van der Waals surface area contributed by atoms with Crippen LogP contribution in [0.15, 0.2) is 47.1 Å². The van der Waals surface area contributed by atoms with Gasteiger partial charge >= 0.3 is 0 Å². The van der Waals surface area contributed by atoms with Crippen molar-refractivity contribution in [2.24, 2.45) is 0 Å². The minimum atomic E-state index is 0.146. The summed E-state index contributed by atoms with van der Waals surface area (Å²) < 4.78 is 7.42. The number of hydrogen-bond donors (Lipinski definition) is 2. The molecule has 0 saturated carbocycles. The van der Waals surface area contributed by atoms with Gasteiger partial charge in [-0.15, -0.1) is 0 Å². The molecule has 0 atom stereocenters. The average Bonchev–Trinajstić information content (AvgIpc) is 3.11. The van der Waals surface area contributed by atoms with Crippen LogP contribution in [0.3, 0.4) is 0 Å². The third-order valence-corrected chi connectivity index (χ3v) is 4.37. The van der Waals surface area contributed by atoms with Crippen molar-refractivity contribution < 1.29 is 4.42 Å². The summed E-state index contributed by atoms with van der Waals surface area (Å²) in [6, 6.07) is 12.1. The number of hydrogen-bond acceptors (Lipinski definition) is 6. The summed E-state index contributed by atoms with van der Waals surface area (Å²) in [6.07, 6.45) is 1.49. The zero-order valence-electron chi connectivity index (χ0n) is 13.4. The number of oxazole rings is 1. The number of aryl methyl sites for hydroxylation is 1. The Morgan fingerprint density at radius 3 is 2.80 bits per heavy atom. The van der Waals surface area contributed by atoms with Crippen LogP contribution in [-0.4, -0.2) is 19.5 Å². The van der Waals surface area contributed by atoms with E-state index in [0.717, 1.165) is 33.2 Å². The van der Waals surface area contributed by atoms with E-state index in [2.05, 4.69) is 44.6 Å². The zero-order chi connectivity index (χ0) is 17.1. The van der Waals surface area contributed by atoms with Gasteiger partial charge in [-0.05, 0) is 36.8 Å². The summed E-state index contributed by atoms with van der Waals surface area (Å²) in [4.78, 5) is 12.8. The molecule has 122 valence electrons. The number of rotatable bonds is 1. The summed E-state index contributed by atoms with van der Waals surface area (Å²) in [6.45, 7) is 2.05. The van der Waals surface area contributed by atoms with Crippen LogP contribution in [0.2, 0.25) is 0 Å². The van der Waals surface area contributed by atoms with Crippen molar-refractivity contribution in [3.05, 3.63) is 48.3 Å². The first-order chi connectivity index (χ1) is 12.1. The van der Waals surface area contributed by atoms with E-state index in [-0.39, 0.29) is 6.01 Å². The minimum Gasteiger partial charge on any atom is -0.424 e. The number of anilines is 2. The molecule has 0 amide bonds. The van der Waals surface area contributed by atoms with Gasteiger partial charge in [0.05, 0.1) is 5.52 Å². The van der Waals surface area contributed by atoms with E-state index in [1.807, 2.05) is 18.2 Å². The molecule has 0 fully saturated rings. The second-order valence-corrected chi connectivity index (χ2v) is 6.02. The molecule has 25 heavy (non-hydrogen) atoms. The lowest BCUT2D eigenvalue weighted by Crippen LogP contribution is -1.99. The topological polar surface area (TPSA) is 109 Å². The number of aromatic nitrogens is 4. The van der Waals surface area contributed by atoms with E-state index in [4.69, 9.17) is 15.9 Å². The Morgan fingerprint density at radius 2 is 1.92 bits per heavy atom. The minimum absolute atomic E-state index is 0.146. The molecule has 5 rings (SSSR count). The molecule has 2 aromatic carbocycles. The van der Waals surface area contributed by atoms with Crippen LogP contribution in [-0.2, 0) is 0 Å². The Bertz CT molecular complexity index is 1280. The number of fused-ring (bicyclic) bond motifs is 4. The first-order valence-corrected chi connectivity index (χ1v) is 7.79. The highest BCUT2D eigenvalue weighted by Crippen LogP contribution is 2.34. The van der Waals surface area contributed by atoms with Crippen LogP contribution in [0, 0.1) is 6.92 Å². The van der Waals surface area contributed by atoms with Gasteiger partial charge in [-0.3, -0.25) is 0 Å². The first kappa shape index (κ1) is 13.8. The molecular weight excluding hydrogens is 316 g/mol. The Morgan fingerprint density at radius 1 is 1.04 bits per heavy atom. The first-order valence-electron chi connectivity index (χ1n) is 7.79. The maximum atomic E-state index is 6.19. The molecular formula is C18H14N6O. The highest BCUT2D eigenvalue weighted by atomic mass is 16.4. The predicted molar refractivity (Wildman–Crippen MR) is 97.5 cm³/mol. The van der Waals surface area contributed by atoms with Crippen LogP contribution in [0.25, 0.3) is 38.7 Å². The van der Waals surface area contributed by atoms with Gasteiger partial charge in [-0.25, -0.2) is 9.97 Å². The number of benzene rings is 2. The SMILES string of the molecule is Cc1ccc2c3ncnc(N)c3n(-c3ccc4oc(N)nc4c3)c2c1. The van der Waals surface area contributed by atoms with Gasteiger partial charge in [0.25, 0.3) is 6.01 Å². The molecule has 7 heteroatoms. The highest BCUT2D eigenvalue weighted by Gasteiger charge is 2.17. The Labute approximate surface area is 141 Å². The molecule has 0 saturated heterocycles. The molecule has 0 aliphatic heterocycles. The monoisotopic (exact) mass is 330 g/mol. The molecule has 5 aromatic rings. The standard InChI is InChI=1S/C18H14N6O/c1-9-2-4-11-13(6-9)24(16-15(11)21-8-22-17(16)19)10-3-5-14-12(7-10)23-18(20)25-14/h2-8H,1H3,(H2,20,23)(H2,19,21,22). The third kappa shape index (κ3) is 1.89. The van der Waals surface area contributed by atoms with Gasteiger partial charge in [-0.1, -0.05) is 12.1 Å². The number of nitrogen functional groups attached to an aromatic ring is 2. The molecule has 0 spiro atoms. The summed E-state index contributed by atoms with van der Waals surface area (Å²) in [5.41, 5.74) is 17.8. The van der Waals surface area contributed by atoms with Gasteiger partial charge in [-0.2, -0.15) is 4.98 Å². The van der Waals surface area contributed by atoms with Crippen LogP contribution < -0.4 is 11.5 Å². The van der Waals surface area contributed by atoms with Crippen LogP contribution >= 0.6 is 0 Å². The molecule has 0 aliphatic rings. The third-order valence-electron chi connectivity index (χ3n) is 4.37. The second-order valence-electron chi connectivity index (χ2n) is 6.02. The van der Waals surface area contributed by atoms with Crippen LogP contribution in [0.4, 0.5) is 11.8 Å². The van der Waals surface area contributed by atoms with Crippen LogP contribution in [0.5, 0.6) is 0 Å². The molecule has 7 nitrogen and oxygen atoms in total. The Hall–Kier alpha value is -3.61. The maximum absolute atomic E-state index is 6.19. The fourth-order valence-corrected chi connectivity index (χ4v) is 3.30. The molecule has 3 aromatic heterocycles. The molecule has 4 N–H and O–H groups in total. The van der Waals surface area contributed by atoms with Crippen molar-refractivity contribution in [2.45, 2.75) is 6.92 Å². The fraction of sp³-hybridized carbons (Fsp3) is 0.0556. The quantitative estimate of drug-likeness (QED) is 0.488. The van der Waals surface area contributed by atoms with E-state index in [9.17, 15) is 0 Å². The highest BCUT2D eigenvalue weighted by molar-refractivity contribution is 6.10. The van der Waals surface area contributed by atoms with E-state index < -0.39 is 0 Å². The molecule has 0 unspecified atom stereocenters. The van der Waals surface area contributed by atoms with Crippen molar-refractivity contribution in [1.29, 1.82) is 0 Å². The van der Waals surface area contributed by atoms with Gasteiger partial charge in [0.2, 0.25) is 0 Å². The molecule has 0 radical (unpaired) electrons. The van der Waals surface area contributed by atoms with Gasteiger partial charge < -0.3 is 20.5 Å². The lowest BCUT2D eigenvalue weighted by molar-refractivity contribution is 0.626. The van der Waals surface area contributed by atoms with Gasteiger partial charge in [0, 0.05) is 11.1 Å². The fourth-order valence-electron chi connectivity index (χ4n) is 3.30. The van der Waals surface area contributed by atoms with E-state index in [1.165, 1.54) is 6.33 Å². The van der Waals surface area contributed by atoms with E-state index in [0.29, 0.717) is 16.9 Å². The predicted octanol–water partition coefficient (Wildman–Crippen LogP) is 3.19. The van der Waals surface area contributed by atoms with Gasteiger partial charge in [0.1, 0.15) is 22.9 Å². The van der Waals surface area contributed by atoms with Gasteiger partial charge in [0.15, 0.2) is 11.4 Å². The molecule has 3 heterocycles. The average molecular weight is 330 g/mol. The number of nitrogens with two attached hydrogens (primary N) is 2. The largest absolute Gasteiger partial charge is 0.424 e. The summed E-state index contributed by atoms with van der Waals surface area (Å²) >= 11 is 0. The van der Waals surface area contributed by atoms with Crippen molar-refractivity contribution in [2.75, 3.05) is 11.5 Å². The van der Waals surface area contributed by atoms with Crippen molar-refractivity contribution in [1.82, 2.24) is 19.5 Å². The smallest absolute Gasteiger partial charge is 0.292 e. The second kappa shape index (κ2) is 4.70. The summed E-state index contributed by atoms with van der Waals surface area (Å²) in [5, 5.41) is 1.02. The maximum Gasteiger partial charge on any atom is 0.292 e. The van der Waals surface area contributed by atoms with E-state index in [1.54, 1.807) is 0 Å². The summed E-state index contributed by atoms with van der Waals surface area (Å²) in [5.74, 6) is 0.429. The Kier molecular flexibility index (Phi) is 2.59. The van der Waals surface area contributed by atoms with Crippen molar-refractivity contribution >= 4 is 44.9 Å². The van der Waals surface area contributed by atoms with Crippen LogP contribution in [0.1, 0.15) is 5.56 Å². The van der Waals surface area contributed by atoms with Crippen molar-refractivity contribution in [3.63, 3.8) is 0 Å². The zero-order valence-corrected chi connectivity index (χ0v) is 13.4. The van der Waals surface area contributed by atoms with Crippen molar-refractivity contribution in [3.8, 4) is 5.69 Å². The number of nitrogens with zero attached hydrogens (tertiary/aromatic N) is 4. The Balaban J connectivity index is 1.96. The molecule has 0 bridgehead atoms. The lowest BCUT2D eigenvalue weighted by atomic mass is 10.2.